The van der Waals surface area contributed by atoms with Crippen LogP contribution in [0.3, 0.4) is 0 Å². The number of nitrogens with zero attached hydrogens (tertiary/aromatic N) is 1. The molecular weight excluding hydrogens is 300 g/mol. The maximum absolute atomic E-state index is 12.9. The van der Waals surface area contributed by atoms with E-state index in [-0.39, 0.29) is 5.91 Å². The van der Waals surface area contributed by atoms with Gasteiger partial charge in [-0.15, -0.1) is 0 Å². The third-order valence-corrected chi connectivity index (χ3v) is 4.73. The van der Waals surface area contributed by atoms with E-state index in [2.05, 4.69) is 30.1 Å². The molecule has 4 nitrogen and oxygen atoms in total. The molecule has 0 unspecified atom stereocenters. The van der Waals surface area contributed by atoms with E-state index < -0.39 is 0 Å². The molecule has 122 valence electrons. The molecule has 1 amide bonds. The second-order valence-electron chi connectivity index (χ2n) is 6.34. The van der Waals surface area contributed by atoms with Gasteiger partial charge in [-0.2, -0.15) is 0 Å². The van der Waals surface area contributed by atoms with Crippen LogP contribution in [0.4, 0.5) is 0 Å². The van der Waals surface area contributed by atoms with Crippen LogP contribution < -0.4 is 4.74 Å². The van der Waals surface area contributed by atoms with Gasteiger partial charge in [0.2, 0.25) is 0 Å². The lowest BCUT2D eigenvalue weighted by molar-refractivity contribution is 0.0734. The highest BCUT2D eigenvalue weighted by atomic mass is 16.5. The van der Waals surface area contributed by atoms with Gasteiger partial charge in [-0.3, -0.25) is 4.79 Å². The minimum absolute atomic E-state index is 0.0570. The Hall–Kier alpha value is -2.75. The Morgan fingerprint density at radius 1 is 1.21 bits per heavy atom. The van der Waals surface area contributed by atoms with Gasteiger partial charge in [-0.05, 0) is 37.3 Å². The molecule has 0 fully saturated rings. The molecule has 1 aliphatic heterocycles. The van der Waals surface area contributed by atoms with Gasteiger partial charge in [-0.25, -0.2) is 0 Å². The zero-order chi connectivity index (χ0) is 16.7. The summed E-state index contributed by atoms with van der Waals surface area (Å²) in [4.78, 5) is 18.3. The minimum Gasteiger partial charge on any atom is -0.497 e. The number of benzene rings is 2. The zero-order valence-electron chi connectivity index (χ0n) is 13.9. The number of carbonyl (C=O) groups excluding carboxylic acids is 1. The largest absolute Gasteiger partial charge is 0.497 e. The van der Waals surface area contributed by atoms with Crippen LogP contribution in [-0.4, -0.2) is 29.4 Å². The quantitative estimate of drug-likeness (QED) is 0.783. The van der Waals surface area contributed by atoms with Crippen molar-refractivity contribution in [1.29, 1.82) is 0 Å². The molecule has 1 aromatic heterocycles. The molecule has 3 aromatic rings. The summed E-state index contributed by atoms with van der Waals surface area (Å²) in [6.07, 6.45) is 0.860. The van der Waals surface area contributed by atoms with Gasteiger partial charge < -0.3 is 14.6 Å². The lowest BCUT2D eigenvalue weighted by atomic mass is 10.0. The summed E-state index contributed by atoms with van der Waals surface area (Å²) < 4.78 is 5.23. The SMILES string of the molecule is COc1cccc(C(=O)N2CCc3[nH]c4ccc(C)cc4c3C2)c1. The Morgan fingerprint density at radius 2 is 2.08 bits per heavy atom. The van der Waals surface area contributed by atoms with Crippen LogP contribution in [0.5, 0.6) is 5.75 Å². The lowest BCUT2D eigenvalue weighted by Crippen LogP contribution is -2.35. The highest BCUT2D eigenvalue weighted by Gasteiger charge is 2.25. The normalized spacial score (nSPS) is 13.8. The molecule has 1 N–H and O–H groups in total. The minimum atomic E-state index is 0.0570. The summed E-state index contributed by atoms with van der Waals surface area (Å²) >= 11 is 0. The maximum atomic E-state index is 12.9. The molecule has 24 heavy (non-hydrogen) atoms. The van der Waals surface area contributed by atoms with Crippen molar-refractivity contribution in [2.24, 2.45) is 0 Å². The molecule has 2 aromatic carbocycles. The average Bonchev–Trinajstić information content (AvgIpc) is 2.98. The van der Waals surface area contributed by atoms with E-state index in [4.69, 9.17) is 4.74 Å². The number of aromatic amines is 1. The molecular formula is C20H20N2O2. The molecule has 0 bridgehead atoms. The number of aromatic nitrogens is 1. The smallest absolute Gasteiger partial charge is 0.254 e. The summed E-state index contributed by atoms with van der Waals surface area (Å²) in [5.41, 5.74) is 5.57. The number of ether oxygens (including phenoxy) is 1. The number of hydrogen-bond acceptors (Lipinski definition) is 2. The number of aryl methyl sites for hydroxylation is 1. The summed E-state index contributed by atoms with van der Waals surface area (Å²) in [5, 5.41) is 1.23. The third-order valence-electron chi connectivity index (χ3n) is 4.73. The topological polar surface area (TPSA) is 45.3 Å². The first-order valence-electron chi connectivity index (χ1n) is 8.19. The average molecular weight is 320 g/mol. The van der Waals surface area contributed by atoms with Crippen LogP contribution in [0, 0.1) is 6.92 Å². The van der Waals surface area contributed by atoms with E-state index in [1.165, 1.54) is 22.2 Å². The van der Waals surface area contributed by atoms with Crippen LogP contribution in [-0.2, 0) is 13.0 Å². The van der Waals surface area contributed by atoms with Gasteiger partial charge in [0.1, 0.15) is 5.75 Å². The third kappa shape index (κ3) is 2.44. The van der Waals surface area contributed by atoms with Crippen molar-refractivity contribution >= 4 is 16.8 Å². The van der Waals surface area contributed by atoms with Crippen molar-refractivity contribution in [3.8, 4) is 5.75 Å². The molecule has 4 rings (SSSR count). The number of amides is 1. The van der Waals surface area contributed by atoms with Crippen molar-refractivity contribution < 1.29 is 9.53 Å². The van der Waals surface area contributed by atoms with Crippen molar-refractivity contribution in [1.82, 2.24) is 9.88 Å². The molecule has 0 saturated carbocycles. The first kappa shape index (κ1) is 14.8. The van der Waals surface area contributed by atoms with Crippen LogP contribution >= 0.6 is 0 Å². The summed E-state index contributed by atoms with van der Waals surface area (Å²) in [5.74, 6) is 0.767. The molecule has 4 heteroatoms. The van der Waals surface area contributed by atoms with E-state index in [0.29, 0.717) is 17.9 Å². The number of methoxy groups -OCH3 is 1. The predicted octanol–water partition coefficient (Wildman–Crippen LogP) is 3.68. The first-order valence-corrected chi connectivity index (χ1v) is 8.19. The van der Waals surface area contributed by atoms with Gasteiger partial charge in [0.25, 0.3) is 5.91 Å². The van der Waals surface area contributed by atoms with Crippen molar-refractivity contribution in [2.45, 2.75) is 19.9 Å². The van der Waals surface area contributed by atoms with Crippen LogP contribution in [0.25, 0.3) is 10.9 Å². The monoisotopic (exact) mass is 320 g/mol. The lowest BCUT2D eigenvalue weighted by Gasteiger charge is -2.27. The summed E-state index contributed by atoms with van der Waals surface area (Å²) in [7, 11) is 1.62. The van der Waals surface area contributed by atoms with E-state index in [0.717, 1.165) is 18.5 Å². The van der Waals surface area contributed by atoms with Crippen molar-refractivity contribution in [2.75, 3.05) is 13.7 Å². The zero-order valence-corrected chi connectivity index (χ0v) is 13.9. The van der Waals surface area contributed by atoms with E-state index in [1.807, 2.05) is 23.1 Å². The molecule has 1 aliphatic rings. The molecule has 0 spiro atoms. The Kier molecular flexibility index (Phi) is 3.53. The van der Waals surface area contributed by atoms with Gasteiger partial charge in [0.15, 0.2) is 0 Å². The fourth-order valence-corrected chi connectivity index (χ4v) is 3.44. The van der Waals surface area contributed by atoms with Crippen LogP contribution in [0.1, 0.15) is 27.2 Å². The fraction of sp³-hybridized carbons (Fsp3) is 0.250. The second-order valence-corrected chi connectivity index (χ2v) is 6.34. The van der Waals surface area contributed by atoms with Crippen molar-refractivity contribution in [3.63, 3.8) is 0 Å². The highest BCUT2D eigenvalue weighted by molar-refractivity contribution is 5.95. The second kappa shape index (κ2) is 5.71. The molecule has 0 aliphatic carbocycles. The summed E-state index contributed by atoms with van der Waals surface area (Å²) in [6.45, 7) is 3.48. The fourth-order valence-electron chi connectivity index (χ4n) is 3.44. The number of fused-ring (bicyclic) bond motifs is 3. The molecule has 0 saturated heterocycles. The Labute approximate surface area is 141 Å². The Balaban J connectivity index is 1.67. The number of nitrogens with one attached hydrogen (secondary N) is 1. The van der Waals surface area contributed by atoms with Gasteiger partial charge in [0.05, 0.1) is 7.11 Å². The number of carbonyl (C=O) groups is 1. The van der Waals surface area contributed by atoms with E-state index in [9.17, 15) is 4.79 Å². The predicted molar refractivity (Wildman–Crippen MR) is 94.5 cm³/mol. The summed E-state index contributed by atoms with van der Waals surface area (Å²) in [6, 6.07) is 13.8. The Bertz CT molecular complexity index is 927. The number of hydrogen-bond donors (Lipinski definition) is 1. The van der Waals surface area contributed by atoms with Gasteiger partial charge in [-0.1, -0.05) is 17.7 Å². The van der Waals surface area contributed by atoms with Crippen LogP contribution in [0.2, 0.25) is 0 Å². The van der Waals surface area contributed by atoms with E-state index in [1.54, 1.807) is 13.2 Å². The maximum Gasteiger partial charge on any atom is 0.254 e. The van der Waals surface area contributed by atoms with Crippen LogP contribution in [0.15, 0.2) is 42.5 Å². The Morgan fingerprint density at radius 3 is 2.92 bits per heavy atom. The first-order chi connectivity index (χ1) is 11.7. The standard InChI is InChI=1S/C20H20N2O2/c1-13-6-7-18-16(10-13)17-12-22(9-8-19(17)21-18)20(23)14-4-3-5-15(11-14)24-2/h3-7,10-11,21H,8-9,12H2,1-2H3. The van der Waals surface area contributed by atoms with E-state index >= 15 is 0 Å². The molecule has 0 radical (unpaired) electrons. The number of rotatable bonds is 2. The highest BCUT2D eigenvalue weighted by Crippen LogP contribution is 2.29. The molecule has 0 atom stereocenters. The van der Waals surface area contributed by atoms with Crippen molar-refractivity contribution in [3.05, 3.63) is 64.8 Å². The van der Waals surface area contributed by atoms with Gasteiger partial charge in [0, 0.05) is 47.2 Å². The number of H-pyrrole nitrogens is 1. The molecule has 2 heterocycles. The van der Waals surface area contributed by atoms with Gasteiger partial charge >= 0.3 is 0 Å².